The molecule has 4 heteroatoms. The third-order valence-corrected chi connectivity index (χ3v) is 14.2. The molecule has 0 aliphatic carbocycles. The van der Waals surface area contributed by atoms with Gasteiger partial charge in [-0.3, -0.25) is 0 Å². The molecule has 0 fully saturated rings. The summed E-state index contributed by atoms with van der Waals surface area (Å²) >= 11 is 0. The number of benzene rings is 11. The van der Waals surface area contributed by atoms with Gasteiger partial charge in [0.25, 0.3) is 0 Å². The van der Waals surface area contributed by atoms with Crippen molar-refractivity contribution in [2.24, 2.45) is 0 Å². The maximum absolute atomic E-state index is 2.50. The first-order valence-corrected chi connectivity index (χ1v) is 24.0. The van der Waals surface area contributed by atoms with E-state index in [0.29, 0.717) is 0 Å². The highest BCUT2D eigenvalue weighted by Gasteiger charge is 2.25. The molecule has 3 heterocycles. The summed E-state index contributed by atoms with van der Waals surface area (Å²) in [7, 11) is 0. The van der Waals surface area contributed by atoms with Crippen LogP contribution in [0.1, 0.15) is 0 Å². The van der Waals surface area contributed by atoms with Gasteiger partial charge in [-0.25, -0.2) is 0 Å². The maximum Gasteiger partial charge on any atom is 0.0562 e. The highest BCUT2D eigenvalue weighted by Crippen LogP contribution is 2.47. The Labute approximate surface area is 405 Å². The molecule has 328 valence electrons. The van der Waals surface area contributed by atoms with Gasteiger partial charge in [-0.2, -0.15) is 0 Å². The second-order valence-corrected chi connectivity index (χ2v) is 18.1. The molecule has 0 saturated heterocycles. The van der Waals surface area contributed by atoms with Crippen LogP contribution < -0.4 is 4.90 Å². The lowest BCUT2D eigenvalue weighted by Crippen LogP contribution is -2.11. The van der Waals surface area contributed by atoms with Gasteiger partial charge in [0.1, 0.15) is 0 Å². The Morgan fingerprint density at radius 1 is 0.257 bits per heavy atom. The molecule has 0 atom stereocenters. The van der Waals surface area contributed by atoms with E-state index < -0.39 is 0 Å². The fourth-order valence-electron chi connectivity index (χ4n) is 11.2. The van der Waals surface area contributed by atoms with Gasteiger partial charge in [-0.1, -0.05) is 182 Å². The molecule has 11 aromatic carbocycles. The number of hydrogen-bond acceptors (Lipinski definition) is 1. The van der Waals surface area contributed by atoms with Gasteiger partial charge < -0.3 is 18.6 Å². The topological polar surface area (TPSA) is 18.0 Å². The van der Waals surface area contributed by atoms with E-state index in [9.17, 15) is 0 Å². The second kappa shape index (κ2) is 16.2. The van der Waals surface area contributed by atoms with Gasteiger partial charge in [0.15, 0.2) is 0 Å². The van der Waals surface area contributed by atoms with Crippen molar-refractivity contribution < 1.29 is 0 Å². The fourth-order valence-corrected chi connectivity index (χ4v) is 11.2. The molecule has 0 aliphatic rings. The van der Waals surface area contributed by atoms with Crippen LogP contribution in [0.3, 0.4) is 0 Å². The number of hydrogen-bond donors (Lipinski definition) is 0. The van der Waals surface area contributed by atoms with E-state index in [1.165, 1.54) is 65.6 Å². The van der Waals surface area contributed by atoms with Crippen LogP contribution in [0.5, 0.6) is 0 Å². The molecule has 0 N–H and O–H groups in total. The largest absolute Gasteiger partial charge is 0.310 e. The summed E-state index contributed by atoms with van der Waals surface area (Å²) in [6.07, 6.45) is 0. The molecule has 4 nitrogen and oxygen atoms in total. The standard InChI is InChI=1S/C66H44N4/c1-4-20-45(21-5-1)47-24-18-27-49(42-47)69-61-35-17-13-31-57(61)66-62(36-19-37-63(66)69)67(50-38-40-55-53-29-11-15-33-59(53)68(64(55)43-50)48-25-8-3-9-26-48)51-39-41-56-54-30-12-16-34-60(54)70(65(56)44-51)58-32-14-10-28-52(58)46-22-6-2-7-23-46/h1-44H. The Morgan fingerprint density at radius 3 is 1.40 bits per heavy atom. The molecule has 0 saturated carbocycles. The molecule has 0 unspecified atom stereocenters. The number of para-hydroxylation sites is 5. The van der Waals surface area contributed by atoms with Crippen LogP contribution in [0.15, 0.2) is 267 Å². The van der Waals surface area contributed by atoms with Crippen molar-refractivity contribution >= 4 is 82.5 Å². The molecule has 14 aromatic rings. The molecular weight excluding hydrogens is 849 g/mol. The Balaban J connectivity index is 1.07. The summed E-state index contributed by atoms with van der Waals surface area (Å²) < 4.78 is 7.33. The first-order chi connectivity index (χ1) is 34.8. The Kier molecular flexibility index (Phi) is 9.17. The second-order valence-electron chi connectivity index (χ2n) is 18.1. The molecule has 70 heavy (non-hydrogen) atoms. The first kappa shape index (κ1) is 39.8. The van der Waals surface area contributed by atoms with E-state index >= 15 is 0 Å². The number of rotatable bonds is 8. The number of aromatic nitrogens is 3. The van der Waals surface area contributed by atoms with Crippen LogP contribution in [0.25, 0.3) is 105 Å². The smallest absolute Gasteiger partial charge is 0.0562 e. The average Bonchev–Trinajstić information content (AvgIpc) is 4.07. The quantitative estimate of drug-likeness (QED) is 0.149. The summed E-state index contributed by atoms with van der Waals surface area (Å²) in [5.74, 6) is 0. The molecule has 14 rings (SSSR count). The van der Waals surface area contributed by atoms with Crippen LogP contribution in [-0.4, -0.2) is 13.7 Å². The van der Waals surface area contributed by atoms with E-state index in [-0.39, 0.29) is 0 Å². The molecule has 0 amide bonds. The summed E-state index contributed by atoms with van der Waals surface area (Å²) in [5, 5.41) is 7.23. The van der Waals surface area contributed by atoms with Crippen molar-refractivity contribution in [3.05, 3.63) is 267 Å². The molecule has 0 aliphatic heterocycles. The number of anilines is 3. The Morgan fingerprint density at radius 2 is 0.714 bits per heavy atom. The molecule has 0 radical (unpaired) electrons. The normalized spacial score (nSPS) is 11.7. The third kappa shape index (κ3) is 6.24. The Bertz CT molecular complexity index is 4290. The summed E-state index contributed by atoms with van der Waals surface area (Å²) in [5.41, 5.74) is 18.3. The van der Waals surface area contributed by atoms with Gasteiger partial charge in [-0.15, -0.1) is 0 Å². The monoisotopic (exact) mass is 892 g/mol. The highest BCUT2D eigenvalue weighted by molar-refractivity contribution is 6.18. The van der Waals surface area contributed by atoms with Crippen molar-refractivity contribution in [3.8, 4) is 39.3 Å². The van der Waals surface area contributed by atoms with Crippen LogP contribution in [0, 0.1) is 0 Å². The third-order valence-electron chi connectivity index (χ3n) is 14.2. The lowest BCUT2D eigenvalue weighted by Gasteiger charge is -2.27. The zero-order valence-corrected chi connectivity index (χ0v) is 38.2. The summed E-state index contributed by atoms with van der Waals surface area (Å²) in [6.45, 7) is 0. The predicted octanol–water partition coefficient (Wildman–Crippen LogP) is 17.8. The van der Waals surface area contributed by atoms with Gasteiger partial charge >= 0.3 is 0 Å². The maximum atomic E-state index is 2.50. The van der Waals surface area contributed by atoms with Crippen LogP contribution in [0.2, 0.25) is 0 Å². The minimum atomic E-state index is 1.06. The Hall–Kier alpha value is -9.38. The van der Waals surface area contributed by atoms with E-state index in [1.807, 2.05) is 0 Å². The van der Waals surface area contributed by atoms with Crippen molar-refractivity contribution in [1.82, 2.24) is 13.7 Å². The molecule has 0 bridgehead atoms. The van der Waals surface area contributed by atoms with E-state index in [1.54, 1.807) is 0 Å². The SMILES string of the molecule is c1ccc(-c2cccc(-n3c4ccccc4c4c(N(c5ccc6c7ccccc7n(-c7ccccc7)c6c5)c5ccc6c7ccccc7n(-c7ccccc7-c7ccccc7)c6c5)cccc43)c2)cc1. The van der Waals surface area contributed by atoms with Crippen molar-refractivity contribution in [1.29, 1.82) is 0 Å². The van der Waals surface area contributed by atoms with Crippen molar-refractivity contribution in [2.45, 2.75) is 0 Å². The fraction of sp³-hybridized carbons (Fsp3) is 0. The molecule has 3 aromatic heterocycles. The number of fused-ring (bicyclic) bond motifs is 9. The molecule has 0 spiro atoms. The van der Waals surface area contributed by atoms with Crippen LogP contribution in [-0.2, 0) is 0 Å². The van der Waals surface area contributed by atoms with Gasteiger partial charge in [0.05, 0.1) is 44.5 Å². The van der Waals surface area contributed by atoms with Crippen molar-refractivity contribution in [2.75, 3.05) is 4.90 Å². The van der Waals surface area contributed by atoms with Crippen LogP contribution in [0.4, 0.5) is 17.1 Å². The van der Waals surface area contributed by atoms with Gasteiger partial charge in [-0.05, 0) is 102 Å². The zero-order valence-electron chi connectivity index (χ0n) is 38.2. The minimum Gasteiger partial charge on any atom is -0.310 e. The van der Waals surface area contributed by atoms with Crippen molar-refractivity contribution in [3.63, 3.8) is 0 Å². The first-order valence-electron chi connectivity index (χ1n) is 24.0. The van der Waals surface area contributed by atoms with E-state index in [0.717, 1.165) is 56.2 Å². The highest BCUT2D eigenvalue weighted by atomic mass is 15.2. The minimum absolute atomic E-state index is 1.06. The predicted molar refractivity (Wildman–Crippen MR) is 295 cm³/mol. The number of nitrogens with zero attached hydrogens (tertiary/aromatic N) is 4. The average molecular weight is 893 g/mol. The van der Waals surface area contributed by atoms with Gasteiger partial charge in [0.2, 0.25) is 0 Å². The summed E-state index contributed by atoms with van der Waals surface area (Å²) in [4.78, 5) is 2.50. The van der Waals surface area contributed by atoms with E-state index in [4.69, 9.17) is 0 Å². The van der Waals surface area contributed by atoms with Gasteiger partial charge in [0, 0.05) is 60.6 Å². The molecular formula is C66H44N4. The lowest BCUT2D eigenvalue weighted by molar-refractivity contribution is 1.17. The van der Waals surface area contributed by atoms with Crippen LogP contribution >= 0.6 is 0 Å². The van der Waals surface area contributed by atoms with E-state index in [2.05, 4.69) is 286 Å². The lowest BCUT2D eigenvalue weighted by atomic mass is 10.0. The zero-order chi connectivity index (χ0) is 46.1. The summed E-state index contributed by atoms with van der Waals surface area (Å²) in [6, 6.07) is 97.3.